The normalized spacial score (nSPS) is 34.8. The van der Waals surface area contributed by atoms with Crippen molar-refractivity contribution in [3.8, 4) is 0 Å². The number of amides is 1. The minimum Gasteiger partial charge on any atom is -0.394 e. The molecule has 16 heavy (non-hydrogen) atoms. The summed E-state index contributed by atoms with van der Waals surface area (Å²) >= 11 is 0. The molecule has 2 saturated carbocycles. The maximum Gasteiger partial charge on any atom is 0.220 e. The van der Waals surface area contributed by atoms with Crippen LogP contribution in [0.2, 0.25) is 0 Å². The van der Waals surface area contributed by atoms with Crippen molar-refractivity contribution in [3.05, 3.63) is 0 Å². The lowest BCUT2D eigenvalue weighted by molar-refractivity contribution is -0.124. The van der Waals surface area contributed by atoms with Crippen molar-refractivity contribution in [1.29, 1.82) is 0 Å². The SMILES string of the molecule is CC1CCC(CO)(NC(=O)CC2CC2)CC1. The number of rotatable bonds is 4. The molecule has 3 heteroatoms. The fourth-order valence-corrected chi connectivity index (χ4v) is 2.57. The number of hydrogen-bond donors (Lipinski definition) is 2. The average molecular weight is 225 g/mol. The Morgan fingerprint density at radius 2 is 1.94 bits per heavy atom. The summed E-state index contributed by atoms with van der Waals surface area (Å²) in [6.45, 7) is 2.34. The Balaban J connectivity index is 1.85. The van der Waals surface area contributed by atoms with Crippen LogP contribution < -0.4 is 5.32 Å². The van der Waals surface area contributed by atoms with Gasteiger partial charge in [0.05, 0.1) is 12.1 Å². The smallest absolute Gasteiger partial charge is 0.220 e. The Morgan fingerprint density at radius 3 is 2.44 bits per heavy atom. The van der Waals surface area contributed by atoms with E-state index in [9.17, 15) is 9.90 Å². The molecular formula is C13H23NO2. The first kappa shape index (κ1) is 11.9. The van der Waals surface area contributed by atoms with Gasteiger partial charge in [-0.1, -0.05) is 6.92 Å². The Morgan fingerprint density at radius 1 is 1.31 bits per heavy atom. The zero-order valence-electron chi connectivity index (χ0n) is 10.2. The Bertz CT molecular complexity index is 253. The summed E-state index contributed by atoms with van der Waals surface area (Å²) in [5.41, 5.74) is -0.307. The van der Waals surface area contributed by atoms with Crippen LogP contribution in [0.5, 0.6) is 0 Å². The second kappa shape index (κ2) is 4.74. The lowest BCUT2D eigenvalue weighted by atomic mass is 9.77. The molecule has 0 spiro atoms. The van der Waals surface area contributed by atoms with Crippen LogP contribution in [0.3, 0.4) is 0 Å². The number of aliphatic hydroxyl groups is 1. The molecule has 0 aromatic heterocycles. The summed E-state index contributed by atoms with van der Waals surface area (Å²) in [4.78, 5) is 11.8. The molecule has 2 N–H and O–H groups in total. The molecule has 0 unspecified atom stereocenters. The maximum atomic E-state index is 11.8. The lowest BCUT2D eigenvalue weighted by Gasteiger charge is -2.38. The lowest BCUT2D eigenvalue weighted by Crippen LogP contribution is -2.53. The van der Waals surface area contributed by atoms with E-state index in [0.29, 0.717) is 12.3 Å². The second-order valence-electron chi connectivity index (χ2n) is 5.82. The molecule has 2 fully saturated rings. The molecule has 0 saturated heterocycles. The predicted molar refractivity (Wildman–Crippen MR) is 62.9 cm³/mol. The highest BCUT2D eigenvalue weighted by atomic mass is 16.3. The fourth-order valence-electron chi connectivity index (χ4n) is 2.57. The van der Waals surface area contributed by atoms with E-state index in [-0.39, 0.29) is 18.1 Å². The van der Waals surface area contributed by atoms with Crippen LogP contribution >= 0.6 is 0 Å². The third-order valence-electron chi connectivity index (χ3n) is 4.11. The molecule has 3 nitrogen and oxygen atoms in total. The molecule has 2 aliphatic rings. The van der Waals surface area contributed by atoms with Crippen LogP contribution in [0.4, 0.5) is 0 Å². The molecule has 2 rings (SSSR count). The van der Waals surface area contributed by atoms with Gasteiger partial charge in [-0.05, 0) is 50.4 Å². The molecule has 0 atom stereocenters. The van der Waals surface area contributed by atoms with Crippen molar-refractivity contribution in [3.63, 3.8) is 0 Å². The first-order valence-corrected chi connectivity index (χ1v) is 6.55. The van der Waals surface area contributed by atoms with Crippen LogP contribution in [-0.4, -0.2) is 23.2 Å². The summed E-state index contributed by atoms with van der Waals surface area (Å²) in [5.74, 6) is 1.50. The molecule has 0 aromatic rings. The van der Waals surface area contributed by atoms with E-state index < -0.39 is 0 Å². The van der Waals surface area contributed by atoms with Crippen molar-refractivity contribution in [2.75, 3.05) is 6.61 Å². The summed E-state index contributed by atoms with van der Waals surface area (Å²) < 4.78 is 0. The van der Waals surface area contributed by atoms with E-state index in [4.69, 9.17) is 0 Å². The Hall–Kier alpha value is -0.570. The van der Waals surface area contributed by atoms with Crippen molar-refractivity contribution >= 4 is 5.91 Å². The molecule has 0 bridgehead atoms. The fraction of sp³-hybridized carbons (Fsp3) is 0.923. The van der Waals surface area contributed by atoms with E-state index in [2.05, 4.69) is 12.2 Å². The first-order valence-electron chi connectivity index (χ1n) is 6.55. The van der Waals surface area contributed by atoms with Gasteiger partial charge < -0.3 is 10.4 Å². The monoisotopic (exact) mass is 225 g/mol. The molecule has 1 amide bonds. The third kappa shape index (κ3) is 2.97. The van der Waals surface area contributed by atoms with Crippen molar-refractivity contribution < 1.29 is 9.90 Å². The molecule has 0 heterocycles. The van der Waals surface area contributed by atoms with Gasteiger partial charge in [0.25, 0.3) is 0 Å². The number of aliphatic hydroxyl groups excluding tert-OH is 1. The van der Waals surface area contributed by atoms with Crippen LogP contribution in [0.15, 0.2) is 0 Å². The standard InChI is InChI=1S/C13H23NO2/c1-10-4-6-13(9-15,7-5-10)14-12(16)8-11-2-3-11/h10-11,15H,2-9H2,1H3,(H,14,16). The van der Waals surface area contributed by atoms with Gasteiger partial charge in [0.1, 0.15) is 0 Å². The summed E-state index contributed by atoms with van der Waals surface area (Å²) in [7, 11) is 0. The van der Waals surface area contributed by atoms with Crippen LogP contribution in [0, 0.1) is 11.8 Å². The van der Waals surface area contributed by atoms with Gasteiger partial charge in [0.2, 0.25) is 5.91 Å². The highest BCUT2D eigenvalue weighted by molar-refractivity contribution is 5.77. The van der Waals surface area contributed by atoms with Crippen LogP contribution in [0.25, 0.3) is 0 Å². The maximum absolute atomic E-state index is 11.8. The van der Waals surface area contributed by atoms with E-state index in [1.165, 1.54) is 12.8 Å². The van der Waals surface area contributed by atoms with E-state index in [1.807, 2.05) is 0 Å². The summed E-state index contributed by atoms with van der Waals surface area (Å²) in [5, 5.41) is 12.6. The molecule has 0 aliphatic heterocycles. The molecule has 92 valence electrons. The number of hydrogen-bond acceptors (Lipinski definition) is 2. The number of carbonyl (C=O) groups excluding carboxylic acids is 1. The van der Waals surface area contributed by atoms with Crippen LogP contribution in [0.1, 0.15) is 51.9 Å². The van der Waals surface area contributed by atoms with Gasteiger partial charge in [-0.25, -0.2) is 0 Å². The van der Waals surface area contributed by atoms with E-state index in [0.717, 1.165) is 31.6 Å². The van der Waals surface area contributed by atoms with Gasteiger partial charge in [-0.3, -0.25) is 4.79 Å². The van der Waals surface area contributed by atoms with Gasteiger partial charge in [-0.15, -0.1) is 0 Å². The predicted octanol–water partition coefficient (Wildman–Crippen LogP) is 1.84. The first-order chi connectivity index (χ1) is 7.63. The average Bonchev–Trinajstić information content (AvgIpc) is 3.06. The molecule has 2 aliphatic carbocycles. The van der Waals surface area contributed by atoms with Crippen molar-refractivity contribution in [1.82, 2.24) is 5.32 Å². The summed E-state index contributed by atoms with van der Waals surface area (Å²) in [6, 6.07) is 0. The minimum atomic E-state index is -0.307. The zero-order valence-corrected chi connectivity index (χ0v) is 10.2. The van der Waals surface area contributed by atoms with Crippen molar-refractivity contribution in [2.24, 2.45) is 11.8 Å². The Kier molecular flexibility index (Phi) is 3.53. The van der Waals surface area contributed by atoms with Crippen LogP contribution in [-0.2, 0) is 4.79 Å². The third-order valence-corrected chi connectivity index (χ3v) is 4.11. The minimum absolute atomic E-state index is 0.0934. The van der Waals surface area contributed by atoms with Crippen molar-refractivity contribution in [2.45, 2.75) is 57.4 Å². The Labute approximate surface area is 97.6 Å². The number of carbonyl (C=O) groups is 1. The topological polar surface area (TPSA) is 49.3 Å². The quantitative estimate of drug-likeness (QED) is 0.767. The van der Waals surface area contributed by atoms with Gasteiger partial charge in [-0.2, -0.15) is 0 Å². The van der Waals surface area contributed by atoms with E-state index >= 15 is 0 Å². The number of nitrogens with one attached hydrogen (secondary N) is 1. The van der Waals surface area contributed by atoms with Gasteiger partial charge >= 0.3 is 0 Å². The molecule has 0 aromatic carbocycles. The zero-order chi connectivity index (χ0) is 11.6. The highest BCUT2D eigenvalue weighted by Gasteiger charge is 2.36. The van der Waals surface area contributed by atoms with Gasteiger partial charge in [0.15, 0.2) is 0 Å². The summed E-state index contributed by atoms with van der Waals surface area (Å²) in [6.07, 6.45) is 7.17. The van der Waals surface area contributed by atoms with E-state index in [1.54, 1.807) is 0 Å². The molecule has 0 radical (unpaired) electrons. The molecular weight excluding hydrogens is 202 g/mol. The largest absolute Gasteiger partial charge is 0.394 e. The van der Waals surface area contributed by atoms with Gasteiger partial charge in [0, 0.05) is 6.42 Å². The second-order valence-corrected chi connectivity index (χ2v) is 5.82. The highest BCUT2D eigenvalue weighted by Crippen LogP contribution is 2.34.